The van der Waals surface area contributed by atoms with Gasteiger partial charge in [0.25, 0.3) is 0 Å². The number of furan rings is 1. The first-order chi connectivity index (χ1) is 10.7. The number of nitrogens with zero attached hydrogens (tertiary/aromatic N) is 1. The predicted octanol–water partition coefficient (Wildman–Crippen LogP) is 3.81. The van der Waals surface area contributed by atoms with Crippen LogP contribution >= 0.6 is 0 Å². The molecule has 1 saturated heterocycles. The van der Waals surface area contributed by atoms with Gasteiger partial charge >= 0.3 is 0 Å². The molecule has 114 valence electrons. The molecule has 1 aromatic carbocycles. The average molecular weight is 296 g/mol. The maximum absolute atomic E-state index is 12.2. The lowest BCUT2D eigenvalue weighted by Crippen LogP contribution is -2.35. The van der Waals surface area contributed by atoms with E-state index in [9.17, 15) is 4.79 Å². The topological polar surface area (TPSA) is 45.5 Å². The summed E-state index contributed by atoms with van der Waals surface area (Å²) in [6.45, 7) is 2.82. The minimum Gasteiger partial charge on any atom is -0.464 e. The van der Waals surface area contributed by atoms with Crippen LogP contribution in [-0.4, -0.2) is 17.4 Å². The first kappa shape index (κ1) is 13.4. The summed E-state index contributed by atoms with van der Waals surface area (Å²) in [7, 11) is 0. The molecular formula is C18H20N2O2. The molecule has 1 amide bonds. The van der Waals surface area contributed by atoms with Gasteiger partial charge in [-0.1, -0.05) is 18.2 Å². The fraction of sp³-hybridized carbons (Fsp3) is 0.389. The highest BCUT2D eigenvalue weighted by Gasteiger charge is 2.36. The highest BCUT2D eigenvalue weighted by molar-refractivity contribution is 5.79. The van der Waals surface area contributed by atoms with Gasteiger partial charge in [-0.3, -0.25) is 4.79 Å². The largest absolute Gasteiger partial charge is 0.464 e. The molecule has 2 atom stereocenters. The molecule has 4 heteroatoms. The van der Waals surface area contributed by atoms with Crippen molar-refractivity contribution >= 4 is 11.6 Å². The molecular weight excluding hydrogens is 276 g/mol. The Labute approximate surface area is 130 Å². The van der Waals surface area contributed by atoms with Crippen LogP contribution in [0, 0.1) is 6.92 Å². The van der Waals surface area contributed by atoms with Crippen molar-refractivity contribution in [2.75, 3.05) is 11.9 Å². The van der Waals surface area contributed by atoms with Crippen molar-refractivity contribution in [3.63, 3.8) is 0 Å². The van der Waals surface area contributed by atoms with Crippen LogP contribution in [0.4, 0.5) is 5.69 Å². The Hall–Kier alpha value is -2.23. The monoisotopic (exact) mass is 296 g/mol. The van der Waals surface area contributed by atoms with Crippen LogP contribution in [0.3, 0.4) is 0 Å². The van der Waals surface area contributed by atoms with Crippen molar-refractivity contribution in [1.29, 1.82) is 0 Å². The lowest BCUT2D eigenvalue weighted by atomic mass is 9.91. The Morgan fingerprint density at radius 2 is 2.09 bits per heavy atom. The maximum Gasteiger partial charge on any atom is 0.223 e. The van der Waals surface area contributed by atoms with Crippen LogP contribution in [0.15, 0.2) is 40.8 Å². The smallest absolute Gasteiger partial charge is 0.223 e. The Morgan fingerprint density at radius 3 is 2.82 bits per heavy atom. The summed E-state index contributed by atoms with van der Waals surface area (Å²) in [5.41, 5.74) is 2.33. The third-order valence-electron chi connectivity index (χ3n) is 4.70. The van der Waals surface area contributed by atoms with Gasteiger partial charge in [-0.15, -0.1) is 0 Å². The molecule has 0 spiro atoms. The Morgan fingerprint density at radius 1 is 1.23 bits per heavy atom. The number of nitrogens with one attached hydrogen (secondary N) is 1. The highest BCUT2D eigenvalue weighted by Crippen LogP contribution is 2.43. The molecule has 3 heterocycles. The van der Waals surface area contributed by atoms with Gasteiger partial charge in [-0.05, 0) is 43.5 Å². The molecule has 2 aliphatic heterocycles. The van der Waals surface area contributed by atoms with E-state index in [1.165, 1.54) is 5.56 Å². The number of hydrogen-bond donors (Lipinski definition) is 1. The van der Waals surface area contributed by atoms with Crippen LogP contribution in [0.25, 0.3) is 0 Å². The Balaban J connectivity index is 1.71. The summed E-state index contributed by atoms with van der Waals surface area (Å²) < 4.78 is 5.81. The zero-order chi connectivity index (χ0) is 15.1. The fourth-order valence-electron chi connectivity index (χ4n) is 3.64. The molecule has 4 rings (SSSR count). The van der Waals surface area contributed by atoms with Gasteiger partial charge < -0.3 is 14.6 Å². The second-order valence-corrected chi connectivity index (χ2v) is 6.17. The molecule has 22 heavy (non-hydrogen) atoms. The van der Waals surface area contributed by atoms with Gasteiger partial charge in [-0.25, -0.2) is 0 Å². The summed E-state index contributed by atoms with van der Waals surface area (Å²) >= 11 is 0. The quantitative estimate of drug-likeness (QED) is 0.916. The van der Waals surface area contributed by atoms with E-state index < -0.39 is 0 Å². The first-order valence-electron chi connectivity index (χ1n) is 7.93. The van der Waals surface area contributed by atoms with Crippen LogP contribution in [0.1, 0.15) is 48.4 Å². The molecule has 0 aliphatic carbocycles. The van der Waals surface area contributed by atoms with Gasteiger partial charge in [0.2, 0.25) is 5.91 Å². The van der Waals surface area contributed by atoms with Crippen molar-refractivity contribution in [2.45, 2.75) is 38.3 Å². The van der Waals surface area contributed by atoms with Crippen molar-refractivity contribution in [2.24, 2.45) is 0 Å². The molecule has 0 bridgehead atoms. The van der Waals surface area contributed by atoms with Gasteiger partial charge in [0.05, 0.1) is 12.1 Å². The van der Waals surface area contributed by atoms with Crippen LogP contribution < -0.4 is 5.32 Å². The number of aryl methyl sites for hydroxylation is 1. The summed E-state index contributed by atoms with van der Waals surface area (Å²) in [6, 6.07) is 12.6. The van der Waals surface area contributed by atoms with E-state index in [0.29, 0.717) is 6.42 Å². The molecule has 4 nitrogen and oxygen atoms in total. The number of para-hydroxylation sites is 1. The van der Waals surface area contributed by atoms with Crippen molar-refractivity contribution in [3.05, 3.63) is 53.5 Å². The van der Waals surface area contributed by atoms with Crippen molar-refractivity contribution < 1.29 is 9.21 Å². The zero-order valence-electron chi connectivity index (χ0n) is 12.7. The summed E-state index contributed by atoms with van der Waals surface area (Å²) in [5, 5.41) is 3.56. The standard InChI is InChI=1S/C18H20N2O2/c1-12-8-9-17(22-12)15-11-16(20-10-4-7-18(20)21)13-5-2-3-6-14(13)19-15/h2-3,5-6,8-9,15-16,19H,4,7,10-11H2,1H3/t15-,16-/m0/s1. The second kappa shape index (κ2) is 5.20. The van der Waals surface area contributed by atoms with E-state index in [1.54, 1.807) is 0 Å². The minimum absolute atomic E-state index is 0.113. The van der Waals surface area contributed by atoms with E-state index in [-0.39, 0.29) is 18.0 Å². The Bertz CT molecular complexity index is 707. The lowest BCUT2D eigenvalue weighted by Gasteiger charge is -2.37. The normalized spacial score (nSPS) is 24.2. The van der Waals surface area contributed by atoms with E-state index in [4.69, 9.17) is 4.42 Å². The average Bonchev–Trinajstić information content (AvgIpc) is 3.15. The number of rotatable bonds is 2. The van der Waals surface area contributed by atoms with Gasteiger partial charge in [-0.2, -0.15) is 0 Å². The number of benzene rings is 1. The number of anilines is 1. The van der Waals surface area contributed by atoms with E-state index in [2.05, 4.69) is 17.4 Å². The minimum atomic E-state index is 0.113. The zero-order valence-corrected chi connectivity index (χ0v) is 12.7. The number of likely N-dealkylation sites (tertiary alicyclic amines) is 1. The third kappa shape index (κ3) is 2.19. The fourth-order valence-corrected chi connectivity index (χ4v) is 3.64. The number of fused-ring (bicyclic) bond motifs is 1. The molecule has 1 fully saturated rings. The number of carbonyl (C=O) groups is 1. The van der Waals surface area contributed by atoms with E-state index in [1.807, 2.05) is 36.1 Å². The summed E-state index contributed by atoms with van der Waals surface area (Å²) in [5.74, 6) is 2.14. The van der Waals surface area contributed by atoms with Gasteiger partial charge in [0, 0.05) is 18.7 Å². The molecule has 0 radical (unpaired) electrons. The number of hydrogen-bond acceptors (Lipinski definition) is 3. The highest BCUT2D eigenvalue weighted by atomic mass is 16.3. The van der Waals surface area contributed by atoms with Crippen LogP contribution in [-0.2, 0) is 4.79 Å². The van der Waals surface area contributed by atoms with Gasteiger partial charge in [0.15, 0.2) is 0 Å². The molecule has 2 aromatic rings. The van der Waals surface area contributed by atoms with Crippen LogP contribution in [0.2, 0.25) is 0 Å². The first-order valence-corrected chi connectivity index (χ1v) is 7.93. The third-order valence-corrected chi connectivity index (χ3v) is 4.70. The molecule has 1 N–H and O–H groups in total. The van der Waals surface area contributed by atoms with E-state index in [0.717, 1.165) is 36.6 Å². The van der Waals surface area contributed by atoms with Crippen molar-refractivity contribution in [1.82, 2.24) is 4.90 Å². The second-order valence-electron chi connectivity index (χ2n) is 6.17. The van der Waals surface area contributed by atoms with Gasteiger partial charge in [0.1, 0.15) is 11.5 Å². The van der Waals surface area contributed by atoms with Crippen molar-refractivity contribution in [3.8, 4) is 0 Å². The molecule has 1 aromatic heterocycles. The summed E-state index contributed by atoms with van der Waals surface area (Å²) in [4.78, 5) is 14.3. The maximum atomic E-state index is 12.2. The predicted molar refractivity (Wildman–Crippen MR) is 84.6 cm³/mol. The number of amides is 1. The van der Waals surface area contributed by atoms with Crippen LogP contribution in [0.5, 0.6) is 0 Å². The summed E-state index contributed by atoms with van der Waals surface area (Å²) in [6.07, 6.45) is 2.50. The SMILES string of the molecule is Cc1ccc([C@@H]2C[C@H](N3CCCC3=O)c3ccccc3N2)o1. The Kier molecular flexibility index (Phi) is 3.17. The molecule has 2 aliphatic rings. The molecule has 0 unspecified atom stereocenters. The number of carbonyl (C=O) groups excluding carboxylic acids is 1. The van der Waals surface area contributed by atoms with E-state index >= 15 is 0 Å². The lowest BCUT2D eigenvalue weighted by molar-refractivity contribution is -0.130. The molecule has 0 saturated carbocycles.